The van der Waals surface area contributed by atoms with Gasteiger partial charge in [-0.2, -0.15) is 0 Å². The largest absolute Gasteiger partial charge is 0.478 e. The van der Waals surface area contributed by atoms with E-state index >= 15 is 0 Å². The van der Waals surface area contributed by atoms with Crippen molar-refractivity contribution in [1.29, 1.82) is 0 Å². The molecule has 18 heavy (non-hydrogen) atoms. The Morgan fingerprint density at radius 1 is 1.28 bits per heavy atom. The van der Waals surface area contributed by atoms with E-state index in [1.807, 2.05) is 13.8 Å². The Bertz CT molecular complexity index is 359. The van der Waals surface area contributed by atoms with Gasteiger partial charge in [-0.05, 0) is 12.8 Å². The van der Waals surface area contributed by atoms with Crippen molar-refractivity contribution in [1.82, 2.24) is 5.32 Å². The van der Waals surface area contributed by atoms with E-state index in [0.717, 1.165) is 0 Å². The monoisotopic (exact) mass is 257 g/mol. The first kappa shape index (κ1) is 16.1. The van der Waals surface area contributed by atoms with Crippen LogP contribution in [0.25, 0.3) is 0 Å². The van der Waals surface area contributed by atoms with Gasteiger partial charge in [0.15, 0.2) is 0 Å². The highest BCUT2D eigenvalue weighted by Crippen LogP contribution is 2.10. The first-order chi connectivity index (χ1) is 8.29. The number of rotatable bonds is 6. The third-order valence-corrected chi connectivity index (χ3v) is 2.43. The average molecular weight is 257 g/mol. The Hall–Kier alpha value is -1.85. The van der Waals surface area contributed by atoms with Crippen LogP contribution in [0.4, 0.5) is 0 Å². The van der Waals surface area contributed by atoms with Gasteiger partial charge in [0.05, 0.1) is 12.7 Å². The van der Waals surface area contributed by atoms with Gasteiger partial charge in [0, 0.05) is 5.92 Å². The zero-order chi connectivity index (χ0) is 14.3. The summed E-state index contributed by atoms with van der Waals surface area (Å²) in [6, 6.07) is 0. The highest BCUT2D eigenvalue weighted by molar-refractivity contribution is 5.99. The summed E-state index contributed by atoms with van der Waals surface area (Å²) in [6.45, 7) is 7.11. The van der Waals surface area contributed by atoms with Crippen LogP contribution >= 0.6 is 0 Å². The number of hydrogen-bond acceptors (Lipinski definition) is 4. The third-order valence-electron chi connectivity index (χ3n) is 2.43. The Morgan fingerprint density at radius 3 is 2.22 bits per heavy atom. The van der Waals surface area contributed by atoms with Gasteiger partial charge in [-0.3, -0.25) is 4.79 Å². The highest BCUT2D eigenvalue weighted by atomic mass is 16.5. The molecule has 1 atom stereocenters. The molecule has 0 rings (SSSR count). The molecule has 102 valence electrons. The summed E-state index contributed by atoms with van der Waals surface area (Å²) in [4.78, 5) is 33.7. The fraction of sp³-hybridized carbons (Fsp3) is 0.583. The third kappa shape index (κ3) is 5.47. The van der Waals surface area contributed by atoms with Crippen LogP contribution < -0.4 is 5.32 Å². The van der Waals surface area contributed by atoms with Crippen LogP contribution in [0.15, 0.2) is 11.8 Å². The quantitative estimate of drug-likeness (QED) is 0.545. The number of carboxylic acid groups (broad SMARTS) is 1. The van der Waals surface area contributed by atoms with Gasteiger partial charge in [0.25, 0.3) is 0 Å². The van der Waals surface area contributed by atoms with Crippen molar-refractivity contribution in [3.63, 3.8) is 0 Å². The molecule has 0 spiro atoms. The van der Waals surface area contributed by atoms with Crippen molar-refractivity contribution in [2.24, 2.45) is 11.8 Å². The molecule has 0 saturated carbocycles. The fourth-order valence-electron chi connectivity index (χ4n) is 1.03. The Kier molecular flexibility index (Phi) is 6.70. The highest BCUT2D eigenvalue weighted by Gasteiger charge is 2.21. The second-order valence-electron chi connectivity index (χ2n) is 4.14. The van der Waals surface area contributed by atoms with Gasteiger partial charge in [-0.25, -0.2) is 9.59 Å². The summed E-state index contributed by atoms with van der Waals surface area (Å²) in [5, 5.41) is 10.9. The minimum atomic E-state index is -1.32. The molecule has 2 N–H and O–H groups in total. The van der Waals surface area contributed by atoms with Gasteiger partial charge in [0.1, 0.15) is 5.70 Å². The molecule has 0 bridgehead atoms. The van der Waals surface area contributed by atoms with Gasteiger partial charge in [-0.1, -0.05) is 20.8 Å². The van der Waals surface area contributed by atoms with Crippen LogP contribution in [0.3, 0.4) is 0 Å². The van der Waals surface area contributed by atoms with Gasteiger partial charge >= 0.3 is 11.9 Å². The van der Waals surface area contributed by atoms with Crippen molar-refractivity contribution in [2.45, 2.75) is 27.7 Å². The molecular weight excluding hydrogens is 238 g/mol. The predicted molar refractivity (Wildman–Crippen MR) is 64.5 cm³/mol. The zero-order valence-electron chi connectivity index (χ0n) is 11.0. The zero-order valence-corrected chi connectivity index (χ0v) is 11.0. The molecule has 0 aromatic heterocycles. The van der Waals surface area contributed by atoms with Crippen LogP contribution in [0.1, 0.15) is 27.7 Å². The van der Waals surface area contributed by atoms with E-state index in [9.17, 15) is 14.4 Å². The minimum absolute atomic E-state index is 0.0817. The predicted octanol–water partition coefficient (Wildman–Crippen LogP) is 0.926. The van der Waals surface area contributed by atoms with E-state index in [0.29, 0.717) is 6.08 Å². The Balaban J connectivity index is 4.87. The molecule has 0 aliphatic carbocycles. The van der Waals surface area contributed by atoms with Crippen LogP contribution in [-0.2, 0) is 19.1 Å². The van der Waals surface area contributed by atoms with Gasteiger partial charge in [0.2, 0.25) is 5.91 Å². The number of ether oxygens (including phenoxy) is 1. The second kappa shape index (κ2) is 7.47. The lowest BCUT2D eigenvalue weighted by Gasteiger charge is -2.16. The normalized spacial score (nSPS) is 13.1. The topological polar surface area (TPSA) is 92.7 Å². The molecular formula is C12H19NO5. The maximum absolute atomic E-state index is 11.7. The molecule has 6 nitrogen and oxygen atoms in total. The Labute approximate surface area is 106 Å². The number of nitrogens with one attached hydrogen (secondary N) is 1. The minimum Gasteiger partial charge on any atom is -0.478 e. The van der Waals surface area contributed by atoms with E-state index < -0.39 is 17.8 Å². The standard InChI is InChI=1S/C12H19NO5/c1-5-18-12(17)9(6-10(14)15)13-11(16)8(4)7(2)3/h6-8H,5H2,1-4H3,(H,13,16)(H,14,15). The van der Waals surface area contributed by atoms with E-state index in [1.165, 1.54) is 0 Å². The molecule has 0 heterocycles. The average Bonchev–Trinajstić information content (AvgIpc) is 2.26. The first-order valence-corrected chi connectivity index (χ1v) is 5.72. The molecule has 1 unspecified atom stereocenters. The SMILES string of the molecule is CCOC(=O)C(=CC(=O)O)NC(=O)C(C)C(C)C. The van der Waals surface area contributed by atoms with Crippen molar-refractivity contribution >= 4 is 17.8 Å². The van der Waals surface area contributed by atoms with Gasteiger partial charge < -0.3 is 15.2 Å². The lowest BCUT2D eigenvalue weighted by Crippen LogP contribution is -2.35. The maximum Gasteiger partial charge on any atom is 0.355 e. The molecule has 0 aliphatic rings. The smallest absolute Gasteiger partial charge is 0.355 e. The summed E-state index contributed by atoms with van der Waals surface area (Å²) in [7, 11) is 0. The lowest BCUT2D eigenvalue weighted by molar-refractivity contribution is -0.141. The van der Waals surface area contributed by atoms with Crippen LogP contribution in [0.2, 0.25) is 0 Å². The van der Waals surface area contributed by atoms with E-state index in [-0.39, 0.29) is 24.1 Å². The maximum atomic E-state index is 11.7. The summed E-state index contributed by atoms with van der Waals surface area (Å²) in [5.41, 5.74) is -0.359. The first-order valence-electron chi connectivity index (χ1n) is 5.72. The summed E-state index contributed by atoms with van der Waals surface area (Å²) >= 11 is 0. The molecule has 0 aromatic rings. The summed E-state index contributed by atoms with van der Waals surface area (Å²) < 4.78 is 4.66. The van der Waals surface area contributed by atoms with Gasteiger partial charge in [-0.15, -0.1) is 0 Å². The number of aliphatic carboxylic acids is 1. The number of esters is 1. The van der Waals surface area contributed by atoms with Crippen molar-refractivity contribution in [3.8, 4) is 0 Å². The van der Waals surface area contributed by atoms with E-state index in [1.54, 1.807) is 13.8 Å². The molecule has 6 heteroatoms. The van der Waals surface area contributed by atoms with Crippen molar-refractivity contribution < 1.29 is 24.2 Å². The van der Waals surface area contributed by atoms with E-state index in [4.69, 9.17) is 5.11 Å². The summed E-state index contributed by atoms with van der Waals surface area (Å²) in [6.07, 6.45) is 0.628. The molecule has 0 aromatic carbocycles. The molecule has 0 aliphatic heterocycles. The fourth-order valence-corrected chi connectivity index (χ4v) is 1.03. The molecule has 0 radical (unpaired) electrons. The second-order valence-corrected chi connectivity index (χ2v) is 4.14. The van der Waals surface area contributed by atoms with Crippen LogP contribution in [-0.4, -0.2) is 29.6 Å². The number of carboxylic acids is 1. The van der Waals surface area contributed by atoms with Crippen LogP contribution in [0, 0.1) is 11.8 Å². The Morgan fingerprint density at radius 2 is 1.83 bits per heavy atom. The molecule has 0 saturated heterocycles. The molecule has 0 fully saturated rings. The number of carbonyl (C=O) groups is 3. The van der Waals surface area contributed by atoms with Crippen LogP contribution in [0.5, 0.6) is 0 Å². The number of hydrogen-bond donors (Lipinski definition) is 2. The number of carbonyl (C=O) groups excluding carboxylic acids is 2. The summed E-state index contributed by atoms with van der Waals surface area (Å²) in [5.74, 6) is -2.85. The van der Waals surface area contributed by atoms with Crippen molar-refractivity contribution in [3.05, 3.63) is 11.8 Å². The number of amides is 1. The molecule has 1 amide bonds. The van der Waals surface area contributed by atoms with E-state index in [2.05, 4.69) is 10.1 Å². The van der Waals surface area contributed by atoms with Crippen molar-refractivity contribution in [2.75, 3.05) is 6.61 Å². The lowest BCUT2D eigenvalue weighted by atomic mass is 9.97.